The number of likely N-dealkylation sites (N-methyl/N-ethyl adjacent to an activating group) is 1. The second-order valence-electron chi connectivity index (χ2n) is 8.25. The molecule has 1 aromatic carbocycles. The van der Waals surface area contributed by atoms with Gasteiger partial charge in [0.25, 0.3) is 0 Å². The summed E-state index contributed by atoms with van der Waals surface area (Å²) >= 11 is 0. The second kappa shape index (κ2) is 9.09. The minimum absolute atomic E-state index is 0.129. The Morgan fingerprint density at radius 2 is 1.93 bits per heavy atom. The van der Waals surface area contributed by atoms with E-state index in [4.69, 9.17) is 4.74 Å². The van der Waals surface area contributed by atoms with Crippen LogP contribution in [0.4, 0.5) is 5.69 Å². The number of benzene rings is 1. The lowest BCUT2D eigenvalue weighted by Crippen LogP contribution is -2.40. The first-order valence-electron chi connectivity index (χ1n) is 10.1. The van der Waals surface area contributed by atoms with Gasteiger partial charge in [0.15, 0.2) is 0 Å². The number of carbonyl (C=O) groups is 1. The van der Waals surface area contributed by atoms with Crippen molar-refractivity contribution in [3.63, 3.8) is 0 Å². The maximum atomic E-state index is 13.0. The number of anilines is 1. The Hall–Kier alpha value is -1.52. The zero-order chi connectivity index (χ0) is 21.2. The number of amides is 1. The van der Waals surface area contributed by atoms with Gasteiger partial charge >= 0.3 is 0 Å². The van der Waals surface area contributed by atoms with Crippen LogP contribution in [0.1, 0.15) is 12.5 Å². The van der Waals surface area contributed by atoms with Crippen molar-refractivity contribution < 1.29 is 17.9 Å². The molecule has 3 rings (SSSR count). The third kappa shape index (κ3) is 5.16. The van der Waals surface area contributed by atoms with Crippen LogP contribution in [0.3, 0.4) is 0 Å². The summed E-state index contributed by atoms with van der Waals surface area (Å²) in [5, 5.41) is 2.87. The number of nitrogens with zero attached hydrogens (tertiary/aromatic N) is 3. The Bertz CT molecular complexity index is 837. The van der Waals surface area contributed by atoms with Crippen LogP contribution in [0.15, 0.2) is 23.1 Å². The number of aryl methyl sites for hydroxylation is 1. The van der Waals surface area contributed by atoms with E-state index < -0.39 is 10.0 Å². The molecule has 1 amide bonds. The van der Waals surface area contributed by atoms with Gasteiger partial charge in [-0.25, -0.2) is 8.42 Å². The van der Waals surface area contributed by atoms with Crippen LogP contribution >= 0.6 is 0 Å². The monoisotopic (exact) mass is 424 g/mol. The summed E-state index contributed by atoms with van der Waals surface area (Å²) in [6, 6.07) is 5.49. The number of ether oxygens (including phenoxy) is 1. The average molecular weight is 425 g/mol. The van der Waals surface area contributed by atoms with Crippen molar-refractivity contribution in [1.82, 2.24) is 14.1 Å². The summed E-state index contributed by atoms with van der Waals surface area (Å²) < 4.78 is 32.7. The lowest BCUT2D eigenvalue weighted by Gasteiger charge is -2.27. The average Bonchev–Trinajstić information content (AvgIpc) is 3.04. The van der Waals surface area contributed by atoms with Gasteiger partial charge in [0.1, 0.15) is 0 Å². The van der Waals surface area contributed by atoms with E-state index >= 15 is 0 Å². The van der Waals surface area contributed by atoms with E-state index in [1.165, 1.54) is 4.31 Å². The maximum absolute atomic E-state index is 13.0. The van der Waals surface area contributed by atoms with Gasteiger partial charge in [-0.1, -0.05) is 13.0 Å². The lowest BCUT2D eigenvalue weighted by atomic mass is 10.1. The molecule has 9 heteroatoms. The van der Waals surface area contributed by atoms with Crippen molar-refractivity contribution in [3.8, 4) is 0 Å². The largest absolute Gasteiger partial charge is 0.379 e. The Balaban J connectivity index is 1.67. The number of morpholine rings is 1. The summed E-state index contributed by atoms with van der Waals surface area (Å²) in [6.07, 6.45) is 0. The minimum Gasteiger partial charge on any atom is -0.379 e. The molecule has 0 spiro atoms. The van der Waals surface area contributed by atoms with Crippen molar-refractivity contribution in [2.45, 2.75) is 24.8 Å². The van der Waals surface area contributed by atoms with Crippen molar-refractivity contribution in [2.24, 2.45) is 5.92 Å². The molecule has 0 aliphatic carbocycles. The van der Waals surface area contributed by atoms with E-state index in [0.717, 1.165) is 13.1 Å². The van der Waals surface area contributed by atoms with Gasteiger partial charge in [-0.15, -0.1) is 0 Å². The molecule has 2 fully saturated rings. The summed E-state index contributed by atoms with van der Waals surface area (Å²) in [4.78, 5) is 17.1. The van der Waals surface area contributed by atoms with E-state index in [-0.39, 0.29) is 10.8 Å². The van der Waals surface area contributed by atoms with Crippen LogP contribution in [0.2, 0.25) is 0 Å². The first kappa shape index (κ1) is 22.2. The number of hydrogen-bond acceptors (Lipinski definition) is 6. The molecule has 8 nitrogen and oxygen atoms in total. The Kier molecular flexibility index (Phi) is 6.95. The predicted octanol–water partition coefficient (Wildman–Crippen LogP) is 0.836. The molecule has 162 valence electrons. The first-order valence-corrected chi connectivity index (χ1v) is 11.5. The van der Waals surface area contributed by atoms with Crippen molar-refractivity contribution in [1.29, 1.82) is 0 Å². The molecule has 29 heavy (non-hydrogen) atoms. The zero-order valence-corrected chi connectivity index (χ0v) is 18.5. The highest BCUT2D eigenvalue weighted by atomic mass is 32.2. The SMILES string of the molecule is Cc1ccc(NC(=O)CN2C[C@@H](C)[C@@H](N(C)C)C2)cc1S(=O)(=O)N1CCOCC1. The number of nitrogens with one attached hydrogen (secondary N) is 1. The van der Waals surface area contributed by atoms with Gasteiger partial charge in [0.05, 0.1) is 24.7 Å². The summed E-state index contributed by atoms with van der Waals surface area (Å²) in [7, 11) is 0.515. The van der Waals surface area contributed by atoms with Gasteiger partial charge in [-0.2, -0.15) is 4.31 Å². The molecular weight excluding hydrogens is 392 g/mol. The summed E-state index contributed by atoms with van der Waals surface area (Å²) in [6.45, 7) is 7.49. The summed E-state index contributed by atoms with van der Waals surface area (Å²) in [5.74, 6) is 0.373. The molecular formula is C20H32N4O4S. The fourth-order valence-corrected chi connectivity index (χ4v) is 5.79. The molecule has 0 unspecified atom stereocenters. The third-order valence-corrected chi connectivity index (χ3v) is 7.78. The standard InChI is InChI=1S/C20H32N4O4S/c1-15-5-6-17(11-19(15)29(26,27)24-7-9-28-10-8-24)21-20(25)14-23-12-16(2)18(13-23)22(3)4/h5-6,11,16,18H,7-10,12-14H2,1-4H3,(H,21,25)/t16-,18+/m1/s1. The molecule has 2 aliphatic rings. The smallest absolute Gasteiger partial charge is 0.243 e. The van der Waals surface area contributed by atoms with Crippen LogP contribution in [0, 0.1) is 12.8 Å². The van der Waals surface area contributed by atoms with Gasteiger partial charge in [0, 0.05) is 37.9 Å². The van der Waals surface area contributed by atoms with Gasteiger partial charge < -0.3 is 15.0 Å². The molecule has 2 aliphatic heterocycles. The van der Waals surface area contributed by atoms with Crippen LogP contribution in [-0.4, -0.2) is 94.5 Å². The molecule has 2 saturated heterocycles. The highest BCUT2D eigenvalue weighted by Crippen LogP contribution is 2.25. The van der Waals surface area contributed by atoms with Crippen LogP contribution in [0.25, 0.3) is 0 Å². The molecule has 1 N–H and O–H groups in total. The number of carbonyl (C=O) groups excluding carboxylic acids is 1. The van der Waals surface area contributed by atoms with Crippen molar-refractivity contribution in [3.05, 3.63) is 23.8 Å². The Labute approximate surface area is 173 Å². The normalized spacial score (nSPS) is 24.2. The topological polar surface area (TPSA) is 82.2 Å². The van der Waals surface area contributed by atoms with E-state index in [1.807, 2.05) is 0 Å². The Morgan fingerprint density at radius 1 is 1.24 bits per heavy atom. The van der Waals surface area contributed by atoms with E-state index in [2.05, 4.69) is 36.1 Å². The number of sulfonamides is 1. The molecule has 2 heterocycles. The molecule has 1 aromatic rings. The molecule has 0 aromatic heterocycles. The quantitative estimate of drug-likeness (QED) is 0.729. The Morgan fingerprint density at radius 3 is 2.55 bits per heavy atom. The lowest BCUT2D eigenvalue weighted by molar-refractivity contribution is -0.117. The van der Waals surface area contributed by atoms with E-state index in [9.17, 15) is 13.2 Å². The predicted molar refractivity (Wildman–Crippen MR) is 112 cm³/mol. The van der Waals surface area contributed by atoms with Gasteiger partial charge in [-0.05, 0) is 44.6 Å². The molecule has 2 atom stereocenters. The van der Waals surface area contributed by atoms with Gasteiger partial charge in [-0.3, -0.25) is 9.69 Å². The van der Waals surface area contributed by atoms with Crippen LogP contribution < -0.4 is 5.32 Å². The molecule has 0 saturated carbocycles. The van der Waals surface area contributed by atoms with E-state index in [0.29, 0.717) is 56.1 Å². The van der Waals surface area contributed by atoms with Crippen LogP contribution in [0.5, 0.6) is 0 Å². The summed E-state index contributed by atoms with van der Waals surface area (Å²) in [5.41, 5.74) is 1.17. The fourth-order valence-electron chi connectivity index (χ4n) is 4.13. The van der Waals surface area contributed by atoms with Crippen LogP contribution in [-0.2, 0) is 19.6 Å². The van der Waals surface area contributed by atoms with Crippen molar-refractivity contribution in [2.75, 3.05) is 65.3 Å². The first-order chi connectivity index (χ1) is 13.7. The van der Waals surface area contributed by atoms with Gasteiger partial charge in [0.2, 0.25) is 15.9 Å². The maximum Gasteiger partial charge on any atom is 0.243 e. The second-order valence-corrected chi connectivity index (χ2v) is 10.2. The minimum atomic E-state index is -3.61. The fraction of sp³-hybridized carbons (Fsp3) is 0.650. The highest BCUT2D eigenvalue weighted by Gasteiger charge is 2.32. The molecule has 0 bridgehead atoms. The highest BCUT2D eigenvalue weighted by molar-refractivity contribution is 7.89. The third-order valence-electron chi connectivity index (χ3n) is 5.74. The van der Waals surface area contributed by atoms with Crippen molar-refractivity contribution >= 4 is 21.6 Å². The zero-order valence-electron chi connectivity index (χ0n) is 17.7. The van der Waals surface area contributed by atoms with E-state index in [1.54, 1.807) is 25.1 Å². The number of rotatable bonds is 6. The number of hydrogen-bond donors (Lipinski definition) is 1. The number of likely N-dealkylation sites (tertiary alicyclic amines) is 1. The molecule has 0 radical (unpaired) electrons.